The average Bonchev–Trinajstić information content (AvgIpc) is 2.68. The molecule has 1 aromatic carbocycles. The topological polar surface area (TPSA) is 52.1 Å². The number of nitrogens with one attached hydrogen (secondary N) is 2. The molecular formula is C21H36FN5O. The molecule has 28 heavy (non-hydrogen) atoms. The van der Waals surface area contributed by atoms with Gasteiger partial charge in [-0.05, 0) is 52.6 Å². The molecule has 0 aliphatic carbocycles. The normalized spacial score (nSPS) is 17.6. The van der Waals surface area contributed by atoms with Crippen LogP contribution in [-0.2, 0) is 4.74 Å². The highest BCUT2D eigenvalue weighted by Gasteiger charge is 2.24. The van der Waals surface area contributed by atoms with Crippen LogP contribution in [0.5, 0.6) is 0 Å². The van der Waals surface area contributed by atoms with Gasteiger partial charge in [-0.1, -0.05) is 12.1 Å². The van der Waals surface area contributed by atoms with E-state index in [1.54, 1.807) is 0 Å². The molecule has 0 radical (unpaired) electrons. The van der Waals surface area contributed by atoms with Crippen molar-refractivity contribution in [1.82, 2.24) is 20.4 Å². The van der Waals surface area contributed by atoms with Crippen LogP contribution in [0.2, 0.25) is 0 Å². The zero-order valence-electron chi connectivity index (χ0n) is 18.0. The first-order valence-electron chi connectivity index (χ1n) is 10.1. The third kappa shape index (κ3) is 6.72. The number of guanidine groups is 1. The first kappa shape index (κ1) is 22.6. The highest BCUT2D eigenvalue weighted by Crippen LogP contribution is 2.21. The number of hydrogen-bond donors (Lipinski definition) is 2. The lowest BCUT2D eigenvalue weighted by molar-refractivity contribution is 0.0170. The Morgan fingerprint density at radius 1 is 1.21 bits per heavy atom. The summed E-state index contributed by atoms with van der Waals surface area (Å²) >= 11 is 0. The van der Waals surface area contributed by atoms with Gasteiger partial charge in [-0.25, -0.2) is 4.39 Å². The van der Waals surface area contributed by atoms with Gasteiger partial charge in [0.05, 0.1) is 25.8 Å². The monoisotopic (exact) mass is 393 g/mol. The van der Waals surface area contributed by atoms with Crippen LogP contribution in [0.1, 0.15) is 32.4 Å². The van der Waals surface area contributed by atoms with E-state index in [1.165, 1.54) is 12.1 Å². The Labute approximate surface area is 169 Å². The van der Waals surface area contributed by atoms with Crippen molar-refractivity contribution >= 4 is 5.96 Å². The van der Waals surface area contributed by atoms with Crippen molar-refractivity contribution < 1.29 is 9.13 Å². The maximum absolute atomic E-state index is 13.4. The van der Waals surface area contributed by atoms with Gasteiger partial charge in [-0.15, -0.1) is 0 Å². The molecule has 1 aliphatic heterocycles. The number of nitrogens with zero attached hydrogens (tertiary/aromatic N) is 3. The van der Waals surface area contributed by atoms with E-state index in [1.807, 2.05) is 12.1 Å². The summed E-state index contributed by atoms with van der Waals surface area (Å²) in [5.41, 5.74) is 1.07. The summed E-state index contributed by atoms with van der Waals surface area (Å²) in [5.74, 6) is 0.594. The van der Waals surface area contributed by atoms with Gasteiger partial charge in [0, 0.05) is 31.7 Å². The van der Waals surface area contributed by atoms with Crippen LogP contribution in [0.15, 0.2) is 29.3 Å². The number of benzene rings is 1. The quantitative estimate of drug-likeness (QED) is 0.523. The molecule has 2 N–H and O–H groups in total. The summed E-state index contributed by atoms with van der Waals surface area (Å²) in [5, 5.41) is 6.82. The van der Waals surface area contributed by atoms with Crippen LogP contribution < -0.4 is 10.6 Å². The molecule has 0 saturated carbocycles. The minimum atomic E-state index is -0.210. The second kappa shape index (κ2) is 10.7. The molecule has 1 fully saturated rings. The van der Waals surface area contributed by atoms with Crippen LogP contribution >= 0.6 is 0 Å². The fourth-order valence-electron chi connectivity index (χ4n) is 2.98. The minimum absolute atomic E-state index is 0.0249. The Morgan fingerprint density at radius 3 is 2.43 bits per heavy atom. The van der Waals surface area contributed by atoms with Crippen LogP contribution in [-0.4, -0.2) is 81.3 Å². The number of morpholine rings is 1. The van der Waals surface area contributed by atoms with E-state index < -0.39 is 0 Å². The lowest BCUT2D eigenvalue weighted by Gasteiger charge is -2.35. The van der Waals surface area contributed by atoms with Crippen LogP contribution in [0.25, 0.3) is 0 Å². The zero-order valence-corrected chi connectivity index (χ0v) is 18.0. The number of aliphatic imine (C=N–C) groups is 1. The Bertz CT molecular complexity index is 612. The lowest BCUT2D eigenvalue weighted by atomic mass is 10.0. The van der Waals surface area contributed by atoms with E-state index in [0.717, 1.165) is 44.4 Å². The lowest BCUT2D eigenvalue weighted by Crippen LogP contribution is -2.47. The number of ether oxygens (including phenoxy) is 1. The highest BCUT2D eigenvalue weighted by atomic mass is 19.1. The van der Waals surface area contributed by atoms with E-state index in [0.29, 0.717) is 13.1 Å². The molecule has 0 aromatic heterocycles. The van der Waals surface area contributed by atoms with Crippen LogP contribution in [0, 0.1) is 5.82 Å². The van der Waals surface area contributed by atoms with Gasteiger partial charge in [0.15, 0.2) is 5.96 Å². The molecule has 2 rings (SSSR count). The van der Waals surface area contributed by atoms with Gasteiger partial charge in [-0.3, -0.25) is 9.89 Å². The van der Waals surface area contributed by atoms with Crippen molar-refractivity contribution in [3.8, 4) is 0 Å². The van der Waals surface area contributed by atoms with E-state index in [4.69, 9.17) is 9.73 Å². The van der Waals surface area contributed by atoms with Gasteiger partial charge < -0.3 is 20.3 Å². The molecule has 0 spiro atoms. The van der Waals surface area contributed by atoms with E-state index >= 15 is 0 Å². The van der Waals surface area contributed by atoms with Gasteiger partial charge in [0.2, 0.25) is 0 Å². The molecule has 158 valence electrons. The fraction of sp³-hybridized carbons (Fsp3) is 0.667. The number of halogens is 1. The van der Waals surface area contributed by atoms with Gasteiger partial charge in [-0.2, -0.15) is 0 Å². The molecule has 6 nitrogen and oxygen atoms in total. The van der Waals surface area contributed by atoms with Crippen molar-refractivity contribution in [2.24, 2.45) is 4.99 Å². The van der Waals surface area contributed by atoms with Crippen molar-refractivity contribution in [3.05, 3.63) is 35.6 Å². The summed E-state index contributed by atoms with van der Waals surface area (Å²) in [4.78, 5) is 9.34. The average molecular weight is 394 g/mol. The van der Waals surface area contributed by atoms with E-state index in [-0.39, 0.29) is 17.4 Å². The first-order chi connectivity index (χ1) is 13.3. The molecule has 1 unspecified atom stereocenters. The van der Waals surface area contributed by atoms with Crippen molar-refractivity contribution in [1.29, 1.82) is 0 Å². The molecule has 1 aliphatic rings. The Morgan fingerprint density at radius 2 is 1.86 bits per heavy atom. The van der Waals surface area contributed by atoms with Crippen molar-refractivity contribution in [3.63, 3.8) is 0 Å². The van der Waals surface area contributed by atoms with Crippen molar-refractivity contribution in [2.75, 3.05) is 60.0 Å². The SMILES string of the molecule is CCNC(=NCC(C)(C)N(C)C)NCC(c1ccc(F)cc1)N1CCOCC1. The van der Waals surface area contributed by atoms with E-state index in [2.05, 4.69) is 55.3 Å². The second-order valence-electron chi connectivity index (χ2n) is 8.00. The first-order valence-corrected chi connectivity index (χ1v) is 10.1. The van der Waals surface area contributed by atoms with Crippen molar-refractivity contribution in [2.45, 2.75) is 32.4 Å². The van der Waals surface area contributed by atoms with Gasteiger partial charge in [0.25, 0.3) is 0 Å². The molecule has 7 heteroatoms. The summed E-state index contributed by atoms with van der Waals surface area (Å²) in [6, 6.07) is 6.94. The minimum Gasteiger partial charge on any atom is -0.379 e. The Hall–Kier alpha value is -1.70. The highest BCUT2D eigenvalue weighted by molar-refractivity contribution is 5.79. The Balaban J connectivity index is 2.11. The van der Waals surface area contributed by atoms with E-state index in [9.17, 15) is 4.39 Å². The largest absolute Gasteiger partial charge is 0.379 e. The summed E-state index contributed by atoms with van der Waals surface area (Å²) in [6.07, 6.45) is 0. The number of hydrogen-bond acceptors (Lipinski definition) is 4. The predicted molar refractivity (Wildman–Crippen MR) is 113 cm³/mol. The van der Waals surface area contributed by atoms with Crippen LogP contribution in [0.3, 0.4) is 0 Å². The molecular weight excluding hydrogens is 357 g/mol. The zero-order chi connectivity index (χ0) is 20.6. The fourth-order valence-corrected chi connectivity index (χ4v) is 2.98. The standard InChI is InChI=1S/C21H36FN5O/c1-6-23-20(25-16-21(2,3)26(4)5)24-15-19(27-11-13-28-14-12-27)17-7-9-18(22)10-8-17/h7-10,19H,6,11-16H2,1-5H3,(H2,23,24,25). The smallest absolute Gasteiger partial charge is 0.191 e. The molecule has 1 atom stereocenters. The summed E-state index contributed by atoms with van der Waals surface area (Å²) < 4.78 is 18.9. The molecule has 1 heterocycles. The van der Waals surface area contributed by atoms with Gasteiger partial charge >= 0.3 is 0 Å². The van der Waals surface area contributed by atoms with Gasteiger partial charge in [0.1, 0.15) is 5.82 Å². The maximum Gasteiger partial charge on any atom is 0.191 e. The third-order valence-electron chi connectivity index (χ3n) is 5.38. The summed E-state index contributed by atoms with van der Waals surface area (Å²) in [6.45, 7) is 11.8. The molecule has 1 saturated heterocycles. The molecule has 1 aromatic rings. The number of likely N-dealkylation sites (N-methyl/N-ethyl adjacent to an activating group) is 1. The number of rotatable bonds is 8. The Kier molecular flexibility index (Phi) is 8.66. The molecule has 0 amide bonds. The maximum atomic E-state index is 13.4. The second-order valence-corrected chi connectivity index (χ2v) is 8.00. The van der Waals surface area contributed by atoms with Crippen LogP contribution in [0.4, 0.5) is 4.39 Å². The third-order valence-corrected chi connectivity index (χ3v) is 5.38. The predicted octanol–water partition coefficient (Wildman–Crippen LogP) is 2.09. The summed E-state index contributed by atoms with van der Waals surface area (Å²) in [7, 11) is 4.14. The molecule has 0 bridgehead atoms.